The van der Waals surface area contributed by atoms with Gasteiger partial charge in [-0.3, -0.25) is 4.79 Å². The van der Waals surface area contributed by atoms with E-state index in [-0.39, 0.29) is 16.4 Å². The molecule has 0 radical (unpaired) electrons. The van der Waals surface area contributed by atoms with Crippen molar-refractivity contribution in [3.63, 3.8) is 0 Å². The lowest BCUT2D eigenvalue weighted by Gasteiger charge is -2.38. The van der Waals surface area contributed by atoms with Crippen LogP contribution in [0.2, 0.25) is 0 Å². The van der Waals surface area contributed by atoms with Crippen molar-refractivity contribution in [2.24, 2.45) is 0 Å². The van der Waals surface area contributed by atoms with Gasteiger partial charge in [0.15, 0.2) is 0 Å². The normalized spacial score (nSPS) is 19.6. The zero-order chi connectivity index (χ0) is 11.6. The maximum absolute atomic E-state index is 11.9. The van der Waals surface area contributed by atoms with Gasteiger partial charge in [-0.15, -0.1) is 0 Å². The summed E-state index contributed by atoms with van der Waals surface area (Å²) in [5, 5.41) is 3.09. The third kappa shape index (κ3) is 2.44. The minimum Gasteiger partial charge on any atom is -0.456 e. The Morgan fingerprint density at radius 2 is 2.06 bits per heavy atom. The number of hydrogen-bond acceptors (Lipinski definition) is 3. The molecule has 1 aliphatic rings. The van der Waals surface area contributed by atoms with Gasteiger partial charge in [0.05, 0.1) is 0 Å². The molecule has 0 aliphatic carbocycles. The Labute approximate surface area is 103 Å². The molecule has 1 aromatic rings. The highest BCUT2D eigenvalue weighted by molar-refractivity contribution is 9.09. The molecule has 0 amide bonds. The van der Waals surface area contributed by atoms with E-state index in [2.05, 4.69) is 21.2 Å². The van der Waals surface area contributed by atoms with E-state index in [4.69, 9.17) is 4.74 Å². The fraction of sp³-hybridized carbons (Fsp3) is 0.417. The van der Waals surface area contributed by atoms with Gasteiger partial charge < -0.3 is 10.1 Å². The van der Waals surface area contributed by atoms with Crippen molar-refractivity contribution in [2.75, 3.05) is 13.1 Å². The number of nitrogens with one attached hydrogen (secondary N) is 1. The van der Waals surface area contributed by atoms with Crippen molar-refractivity contribution >= 4 is 21.9 Å². The molecule has 1 N–H and O–H groups in total. The van der Waals surface area contributed by atoms with Crippen molar-refractivity contribution < 1.29 is 9.53 Å². The van der Waals surface area contributed by atoms with Crippen LogP contribution < -0.4 is 5.32 Å². The summed E-state index contributed by atoms with van der Waals surface area (Å²) in [5.41, 5.74) is 0.584. The van der Waals surface area contributed by atoms with Crippen LogP contribution in [0.15, 0.2) is 30.3 Å². The summed E-state index contributed by atoms with van der Waals surface area (Å²) in [7, 11) is 0. The molecule has 0 bridgehead atoms. The minimum atomic E-state index is -0.383. The first-order valence-corrected chi connectivity index (χ1v) is 6.15. The number of carbonyl (C=O) groups is 1. The smallest absolute Gasteiger partial charge is 0.324 e. The Bertz CT molecular complexity index is 376. The maximum atomic E-state index is 11.9. The number of carbonyl (C=O) groups excluding carboxylic acids is 1. The third-order valence-corrected chi connectivity index (χ3v) is 3.55. The molecule has 0 saturated carbocycles. The van der Waals surface area contributed by atoms with E-state index < -0.39 is 0 Å². The van der Waals surface area contributed by atoms with Gasteiger partial charge in [0.1, 0.15) is 10.4 Å². The van der Waals surface area contributed by atoms with Crippen LogP contribution in [0.25, 0.3) is 0 Å². The van der Waals surface area contributed by atoms with Gasteiger partial charge in [-0.1, -0.05) is 46.3 Å². The molecule has 4 heteroatoms. The first-order chi connectivity index (χ1) is 7.61. The molecular weight excluding hydrogens is 270 g/mol. The highest BCUT2D eigenvalue weighted by Crippen LogP contribution is 2.27. The van der Waals surface area contributed by atoms with Crippen LogP contribution in [0.1, 0.15) is 17.3 Å². The van der Waals surface area contributed by atoms with Crippen LogP contribution in [0.5, 0.6) is 0 Å². The molecule has 16 heavy (non-hydrogen) atoms. The number of esters is 1. The Hall–Kier alpha value is -0.870. The van der Waals surface area contributed by atoms with E-state index >= 15 is 0 Å². The minimum absolute atomic E-state index is 0.227. The van der Waals surface area contributed by atoms with Gasteiger partial charge in [0, 0.05) is 13.1 Å². The van der Waals surface area contributed by atoms with Crippen LogP contribution in [0.3, 0.4) is 0 Å². The molecule has 1 heterocycles. The van der Waals surface area contributed by atoms with E-state index in [1.807, 2.05) is 37.3 Å². The van der Waals surface area contributed by atoms with Crippen molar-refractivity contribution in [2.45, 2.75) is 17.4 Å². The van der Waals surface area contributed by atoms with Gasteiger partial charge in [-0.25, -0.2) is 0 Å². The highest BCUT2D eigenvalue weighted by atomic mass is 79.9. The highest BCUT2D eigenvalue weighted by Gasteiger charge is 2.37. The molecular formula is C12H14BrNO2. The van der Waals surface area contributed by atoms with Gasteiger partial charge >= 0.3 is 5.97 Å². The van der Waals surface area contributed by atoms with Crippen molar-refractivity contribution in [1.82, 2.24) is 5.32 Å². The van der Waals surface area contributed by atoms with Crippen molar-refractivity contribution in [3.8, 4) is 0 Å². The molecule has 2 rings (SSSR count). The van der Waals surface area contributed by atoms with Gasteiger partial charge in [-0.2, -0.15) is 0 Å². The Morgan fingerprint density at radius 1 is 1.44 bits per heavy atom. The molecule has 1 fully saturated rings. The first-order valence-electron chi connectivity index (χ1n) is 5.23. The summed E-state index contributed by atoms with van der Waals surface area (Å²) in [5.74, 6) is -0.227. The van der Waals surface area contributed by atoms with Crippen LogP contribution in [0.4, 0.5) is 0 Å². The van der Waals surface area contributed by atoms with Crippen molar-refractivity contribution in [1.29, 1.82) is 0 Å². The second-order valence-electron chi connectivity index (χ2n) is 4.25. The largest absolute Gasteiger partial charge is 0.456 e. The number of halogens is 1. The second-order valence-corrected chi connectivity index (χ2v) is 5.16. The van der Waals surface area contributed by atoms with E-state index in [0.717, 1.165) is 18.7 Å². The Morgan fingerprint density at radius 3 is 2.56 bits per heavy atom. The van der Waals surface area contributed by atoms with Crippen LogP contribution in [0, 0.1) is 0 Å². The lowest BCUT2D eigenvalue weighted by atomic mass is 10.00. The Kier molecular flexibility index (Phi) is 3.30. The average Bonchev–Trinajstić information content (AvgIpc) is 2.27. The SMILES string of the molecule is CC1(OC(=O)C(Br)c2ccccc2)CNC1. The zero-order valence-corrected chi connectivity index (χ0v) is 10.7. The summed E-state index contributed by atoms with van der Waals surface area (Å²) in [6.45, 7) is 3.40. The predicted molar refractivity (Wildman–Crippen MR) is 65.5 cm³/mol. The standard InChI is InChI=1S/C12H14BrNO2/c1-12(7-14-8-12)16-11(15)10(13)9-5-3-2-4-6-9/h2-6,10,14H,7-8H2,1H3. The van der Waals surface area contributed by atoms with E-state index in [1.165, 1.54) is 0 Å². The third-order valence-electron chi connectivity index (χ3n) is 2.64. The number of rotatable bonds is 3. The molecule has 86 valence electrons. The number of benzene rings is 1. The summed E-state index contributed by atoms with van der Waals surface area (Å²) < 4.78 is 5.44. The van der Waals surface area contributed by atoms with Crippen LogP contribution >= 0.6 is 15.9 Å². The fourth-order valence-electron chi connectivity index (χ4n) is 1.60. The molecule has 1 atom stereocenters. The molecule has 3 nitrogen and oxygen atoms in total. The van der Waals surface area contributed by atoms with E-state index in [0.29, 0.717) is 0 Å². The van der Waals surface area contributed by atoms with Gasteiger partial charge in [0.2, 0.25) is 0 Å². The average molecular weight is 284 g/mol. The predicted octanol–water partition coefficient (Wildman–Crippen LogP) is 2.03. The first kappa shape index (κ1) is 11.6. The van der Waals surface area contributed by atoms with Crippen LogP contribution in [-0.2, 0) is 9.53 Å². The zero-order valence-electron chi connectivity index (χ0n) is 9.07. The molecule has 0 spiro atoms. The van der Waals surface area contributed by atoms with Gasteiger partial charge in [-0.05, 0) is 12.5 Å². The summed E-state index contributed by atoms with van der Waals surface area (Å²) in [6, 6.07) is 9.54. The number of ether oxygens (including phenoxy) is 1. The second kappa shape index (κ2) is 4.55. The van der Waals surface area contributed by atoms with Crippen molar-refractivity contribution in [3.05, 3.63) is 35.9 Å². The Balaban J connectivity index is 1.99. The molecule has 1 aliphatic heterocycles. The molecule has 1 saturated heterocycles. The quantitative estimate of drug-likeness (QED) is 0.682. The summed E-state index contributed by atoms with van der Waals surface area (Å²) in [4.78, 5) is 11.5. The number of alkyl halides is 1. The molecule has 1 aromatic carbocycles. The molecule has 0 aromatic heterocycles. The lowest BCUT2D eigenvalue weighted by Crippen LogP contribution is -2.59. The maximum Gasteiger partial charge on any atom is 0.324 e. The molecule has 1 unspecified atom stereocenters. The fourth-order valence-corrected chi connectivity index (χ4v) is 2.00. The monoisotopic (exact) mass is 283 g/mol. The van der Waals surface area contributed by atoms with E-state index in [1.54, 1.807) is 0 Å². The summed E-state index contributed by atoms with van der Waals surface area (Å²) >= 11 is 3.36. The summed E-state index contributed by atoms with van der Waals surface area (Å²) in [6.07, 6.45) is 0. The van der Waals surface area contributed by atoms with E-state index in [9.17, 15) is 4.79 Å². The van der Waals surface area contributed by atoms with Crippen LogP contribution in [-0.4, -0.2) is 24.7 Å². The topological polar surface area (TPSA) is 38.3 Å². The number of hydrogen-bond donors (Lipinski definition) is 1. The lowest BCUT2D eigenvalue weighted by molar-refractivity contribution is -0.162. The van der Waals surface area contributed by atoms with Gasteiger partial charge in [0.25, 0.3) is 0 Å².